The molecular formula is C24H17N3O4S. The molecule has 0 unspecified atom stereocenters. The Labute approximate surface area is 186 Å². The van der Waals surface area contributed by atoms with Gasteiger partial charge in [-0.05, 0) is 42.5 Å². The molecule has 2 aromatic carbocycles. The summed E-state index contributed by atoms with van der Waals surface area (Å²) >= 11 is 1.34. The number of anilines is 1. The van der Waals surface area contributed by atoms with Crippen molar-refractivity contribution in [2.75, 3.05) is 12.0 Å². The highest BCUT2D eigenvalue weighted by atomic mass is 32.1. The summed E-state index contributed by atoms with van der Waals surface area (Å²) in [6, 6.07) is 19.6. The first-order valence-electron chi connectivity index (χ1n) is 9.81. The third kappa shape index (κ3) is 3.72. The lowest BCUT2D eigenvalue weighted by Gasteiger charge is -2.19. The van der Waals surface area contributed by atoms with Crippen molar-refractivity contribution in [3.8, 4) is 5.75 Å². The number of ether oxygens (including phenoxy) is 1. The van der Waals surface area contributed by atoms with Gasteiger partial charge in [0.25, 0.3) is 5.91 Å². The molecule has 0 fully saturated rings. The van der Waals surface area contributed by atoms with E-state index in [1.807, 2.05) is 36.4 Å². The zero-order valence-electron chi connectivity index (χ0n) is 17.0. The monoisotopic (exact) mass is 443 g/mol. The summed E-state index contributed by atoms with van der Waals surface area (Å²) in [5.41, 5.74) is 1.08. The van der Waals surface area contributed by atoms with E-state index in [1.54, 1.807) is 43.6 Å². The Kier molecular flexibility index (Phi) is 5.12. The topological polar surface area (TPSA) is 85.5 Å². The van der Waals surface area contributed by atoms with Crippen LogP contribution in [0.1, 0.15) is 16.1 Å². The molecule has 3 heterocycles. The predicted molar refractivity (Wildman–Crippen MR) is 123 cm³/mol. The first-order chi connectivity index (χ1) is 15.6. The van der Waals surface area contributed by atoms with E-state index < -0.39 is 11.5 Å². The Hall–Kier alpha value is -4.04. The van der Waals surface area contributed by atoms with Gasteiger partial charge < -0.3 is 9.15 Å². The number of aromatic nitrogens is 2. The fourth-order valence-electron chi connectivity index (χ4n) is 3.37. The Morgan fingerprint density at radius 1 is 1.09 bits per heavy atom. The lowest BCUT2D eigenvalue weighted by molar-refractivity contribution is 0.0981. The van der Waals surface area contributed by atoms with Crippen molar-refractivity contribution in [2.45, 2.75) is 6.54 Å². The highest BCUT2D eigenvalue weighted by Crippen LogP contribution is 2.33. The number of carbonyl (C=O) groups excluding carboxylic acids is 1. The molecule has 0 aliphatic carbocycles. The van der Waals surface area contributed by atoms with Gasteiger partial charge in [-0.15, -0.1) is 0 Å². The maximum Gasteiger partial charge on any atom is 0.349 e. The van der Waals surface area contributed by atoms with Gasteiger partial charge in [0.2, 0.25) is 0 Å². The maximum absolute atomic E-state index is 13.6. The number of carbonyl (C=O) groups is 1. The van der Waals surface area contributed by atoms with Crippen LogP contribution in [0.4, 0.5) is 5.13 Å². The molecule has 158 valence electrons. The van der Waals surface area contributed by atoms with Crippen LogP contribution in [0, 0.1) is 0 Å². The summed E-state index contributed by atoms with van der Waals surface area (Å²) in [6.45, 7) is 0.156. The Balaban J connectivity index is 1.62. The van der Waals surface area contributed by atoms with Crippen LogP contribution in [0.3, 0.4) is 0 Å². The van der Waals surface area contributed by atoms with Gasteiger partial charge in [-0.3, -0.25) is 14.7 Å². The van der Waals surface area contributed by atoms with Crippen molar-refractivity contribution in [3.05, 3.63) is 94.6 Å². The standard InChI is InChI=1S/C24H17N3O4S/c1-30-17-9-10-19-21(13-17)32-24(26-19)27(14-16-7-4-5-11-25-16)22(28)18-12-15-6-2-3-8-20(15)31-23(18)29/h2-13H,14H2,1H3. The number of methoxy groups -OCH3 is 1. The summed E-state index contributed by atoms with van der Waals surface area (Å²) in [4.78, 5) is 36.7. The Bertz CT molecular complexity index is 1490. The molecule has 7 nitrogen and oxygen atoms in total. The molecule has 32 heavy (non-hydrogen) atoms. The summed E-state index contributed by atoms with van der Waals surface area (Å²) in [5, 5.41) is 1.12. The first kappa shape index (κ1) is 19.9. The highest BCUT2D eigenvalue weighted by molar-refractivity contribution is 7.22. The van der Waals surface area contributed by atoms with Gasteiger partial charge in [0.1, 0.15) is 16.9 Å². The van der Waals surface area contributed by atoms with Crippen molar-refractivity contribution in [1.82, 2.24) is 9.97 Å². The van der Waals surface area contributed by atoms with Crippen molar-refractivity contribution >= 4 is 43.6 Å². The predicted octanol–water partition coefficient (Wildman–Crippen LogP) is 4.65. The van der Waals surface area contributed by atoms with Crippen LogP contribution in [0.2, 0.25) is 0 Å². The molecule has 0 N–H and O–H groups in total. The number of amides is 1. The second kappa shape index (κ2) is 8.24. The molecule has 5 aromatic rings. The number of rotatable bonds is 5. The number of nitrogens with zero attached hydrogens (tertiary/aromatic N) is 3. The van der Waals surface area contributed by atoms with Crippen LogP contribution in [0.25, 0.3) is 21.2 Å². The normalized spacial score (nSPS) is 11.0. The molecule has 3 aromatic heterocycles. The fourth-order valence-corrected chi connectivity index (χ4v) is 4.36. The summed E-state index contributed by atoms with van der Waals surface area (Å²) in [5.74, 6) is 0.201. The second-order valence-electron chi connectivity index (χ2n) is 7.03. The smallest absolute Gasteiger partial charge is 0.349 e. The molecule has 0 radical (unpaired) electrons. The number of benzene rings is 2. The average molecular weight is 443 g/mol. The highest BCUT2D eigenvalue weighted by Gasteiger charge is 2.25. The van der Waals surface area contributed by atoms with E-state index >= 15 is 0 Å². The summed E-state index contributed by atoms with van der Waals surface area (Å²) in [7, 11) is 1.60. The van der Waals surface area contributed by atoms with Gasteiger partial charge in [0.15, 0.2) is 5.13 Å². The number of fused-ring (bicyclic) bond motifs is 2. The molecule has 0 aliphatic rings. The van der Waals surface area contributed by atoms with E-state index in [0.29, 0.717) is 27.5 Å². The van der Waals surface area contributed by atoms with Crippen LogP contribution in [-0.4, -0.2) is 23.0 Å². The Morgan fingerprint density at radius 2 is 1.94 bits per heavy atom. The van der Waals surface area contributed by atoms with Crippen LogP contribution >= 0.6 is 11.3 Å². The van der Waals surface area contributed by atoms with E-state index in [9.17, 15) is 9.59 Å². The zero-order chi connectivity index (χ0) is 22.1. The third-order valence-corrected chi connectivity index (χ3v) is 6.02. The lowest BCUT2D eigenvalue weighted by atomic mass is 10.1. The molecule has 0 aliphatic heterocycles. The van der Waals surface area contributed by atoms with Gasteiger partial charge in [-0.25, -0.2) is 9.78 Å². The number of hydrogen-bond donors (Lipinski definition) is 0. The van der Waals surface area contributed by atoms with Gasteiger partial charge in [-0.2, -0.15) is 0 Å². The van der Waals surface area contributed by atoms with Crippen molar-refractivity contribution < 1.29 is 13.9 Å². The van der Waals surface area contributed by atoms with Crippen molar-refractivity contribution in [1.29, 1.82) is 0 Å². The van der Waals surface area contributed by atoms with Gasteiger partial charge in [0.05, 0.1) is 29.6 Å². The fraction of sp³-hybridized carbons (Fsp3) is 0.0833. The van der Waals surface area contributed by atoms with Crippen LogP contribution in [-0.2, 0) is 6.54 Å². The second-order valence-corrected chi connectivity index (χ2v) is 8.04. The number of hydrogen-bond acceptors (Lipinski definition) is 7. The van der Waals surface area contributed by atoms with Crippen molar-refractivity contribution in [2.24, 2.45) is 0 Å². The van der Waals surface area contributed by atoms with Crippen LogP contribution < -0.4 is 15.3 Å². The molecular weight excluding hydrogens is 426 g/mol. The van der Waals surface area contributed by atoms with E-state index in [4.69, 9.17) is 9.15 Å². The molecule has 0 saturated heterocycles. The van der Waals surface area contributed by atoms with Gasteiger partial charge in [0, 0.05) is 11.6 Å². The maximum atomic E-state index is 13.6. The minimum absolute atomic E-state index is 0.0588. The molecule has 0 bridgehead atoms. The van der Waals surface area contributed by atoms with Crippen molar-refractivity contribution in [3.63, 3.8) is 0 Å². The molecule has 0 atom stereocenters. The largest absolute Gasteiger partial charge is 0.497 e. The SMILES string of the molecule is COc1ccc2nc(N(Cc3ccccn3)C(=O)c3cc4ccccc4oc3=O)sc2c1. The molecule has 0 saturated carbocycles. The molecule has 1 amide bonds. The third-order valence-electron chi connectivity index (χ3n) is 4.98. The van der Waals surface area contributed by atoms with Gasteiger partial charge >= 0.3 is 5.63 Å². The average Bonchev–Trinajstić information content (AvgIpc) is 3.25. The van der Waals surface area contributed by atoms with E-state index in [1.165, 1.54) is 16.2 Å². The molecule has 0 spiro atoms. The number of thiazole rings is 1. The van der Waals surface area contributed by atoms with E-state index in [-0.39, 0.29) is 12.1 Å². The minimum Gasteiger partial charge on any atom is -0.497 e. The quantitative estimate of drug-likeness (QED) is 0.368. The lowest BCUT2D eigenvalue weighted by Crippen LogP contribution is -2.33. The Morgan fingerprint density at radius 3 is 2.75 bits per heavy atom. The van der Waals surface area contributed by atoms with E-state index in [0.717, 1.165) is 10.2 Å². The minimum atomic E-state index is -0.692. The number of para-hydroxylation sites is 1. The summed E-state index contributed by atoms with van der Waals surface area (Å²) < 4.78 is 11.5. The number of pyridine rings is 1. The van der Waals surface area contributed by atoms with Crippen LogP contribution in [0.5, 0.6) is 5.75 Å². The van der Waals surface area contributed by atoms with Gasteiger partial charge in [-0.1, -0.05) is 35.6 Å². The molecule has 8 heteroatoms. The first-order valence-corrected chi connectivity index (χ1v) is 10.6. The van der Waals surface area contributed by atoms with Crippen LogP contribution in [0.15, 0.2) is 82.1 Å². The molecule has 5 rings (SSSR count). The zero-order valence-corrected chi connectivity index (χ0v) is 17.8. The van der Waals surface area contributed by atoms with E-state index in [2.05, 4.69) is 9.97 Å². The summed E-state index contributed by atoms with van der Waals surface area (Å²) in [6.07, 6.45) is 1.66.